The van der Waals surface area contributed by atoms with Gasteiger partial charge in [0.25, 0.3) is 5.91 Å². The number of benzene rings is 1. The van der Waals surface area contributed by atoms with Crippen LogP contribution in [0.5, 0.6) is 0 Å². The Morgan fingerprint density at radius 2 is 1.75 bits per heavy atom. The number of hydrogen-bond acceptors (Lipinski definition) is 1. The molecule has 2 rings (SSSR count). The summed E-state index contributed by atoms with van der Waals surface area (Å²) in [5.41, 5.74) is 3.26. The van der Waals surface area contributed by atoms with Crippen LogP contribution in [0.25, 0.3) is 0 Å². The Bertz CT molecular complexity index is 447. The van der Waals surface area contributed by atoms with Crippen LogP contribution in [-0.4, -0.2) is 36.6 Å². The molecule has 0 atom stereocenters. The normalized spacial score (nSPS) is 16.6. The molecule has 3 nitrogen and oxygen atoms in total. The number of likely N-dealkylation sites (N-methyl/N-ethyl adjacent to an activating group) is 1. The minimum Gasteiger partial charge on any atom is -0.321 e. The second-order valence-electron chi connectivity index (χ2n) is 5.79. The number of hydrogen-bond donors (Lipinski definition) is 1. The Morgan fingerprint density at radius 1 is 1.20 bits per heavy atom. The Balaban J connectivity index is 0.00000200. The van der Waals surface area contributed by atoms with E-state index in [4.69, 9.17) is 0 Å². The number of nitrogens with one attached hydrogen (secondary N) is 1. The number of aryl methyl sites for hydroxylation is 2. The van der Waals surface area contributed by atoms with Gasteiger partial charge in [-0.3, -0.25) is 4.79 Å². The van der Waals surface area contributed by atoms with Gasteiger partial charge in [-0.25, -0.2) is 0 Å². The minimum atomic E-state index is 0. The average Bonchev–Trinajstić information content (AvgIpc) is 2.83. The number of rotatable bonds is 4. The molecular formula is C16H25N2OY+. The van der Waals surface area contributed by atoms with Crippen molar-refractivity contribution in [3.05, 3.63) is 29.3 Å². The first-order valence-corrected chi connectivity index (χ1v) is 7.27. The zero-order valence-corrected chi connectivity index (χ0v) is 15.7. The Hall–Kier alpha value is -0.246. The van der Waals surface area contributed by atoms with Gasteiger partial charge in [0.1, 0.15) is 0 Å². The fraction of sp³-hybridized carbons (Fsp3) is 0.562. The van der Waals surface area contributed by atoms with Crippen molar-refractivity contribution in [2.45, 2.75) is 33.6 Å². The first kappa shape index (κ1) is 17.8. The fourth-order valence-electron chi connectivity index (χ4n) is 3.09. The second kappa shape index (κ2) is 7.67. The zero-order valence-electron chi connectivity index (χ0n) is 12.9. The molecule has 0 aromatic heterocycles. The Morgan fingerprint density at radius 3 is 2.25 bits per heavy atom. The van der Waals surface area contributed by atoms with E-state index in [9.17, 15) is 4.79 Å². The summed E-state index contributed by atoms with van der Waals surface area (Å²) in [7, 11) is 0. The van der Waals surface area contributed by atoms with E-state index in [0.717, 1.165) is 40.9 Å². The molecule has 0 bridgehead atoms. The van der Waals surface area contributed by atoms with Gasteiger partial charge in [0.05, 0.1) is 19.6 Å². The number of likely N-dealkylation sites (tertiary alicyclic amines) is 1. The van der Waals surface area contributed by atoms with Gasteiger partial charge in [-0.15, -0.1) is 0 Å². The minimum absolute atomic E-state index is 0. The van der Waals surface area contributed by atoms with Crippen molar-refractivity contribution in [3.8, 4) is 0 Å². The maximum absolute atomic E-state index is 12.3. The number of carbonyl (C=O) groups is 1. The molecule has 0 saturated carbocycles. The van der Waals surface area contributed by atoms with Crippen LogP contribution in [0.3, 0.4) is 0 Å². The fourth-order valence-corrected chi connectivity index (χ4v) is 3.09. The van der Waals surface area contributed by atoms with Crippen LogP contribution in [0.4, 0.5) is 5.69 Å². The van der Waals surface area contributed by atoms with Gasteiger partial charge in [0, 0.05) is 51.2 Å². The largest absolute Gasteiger partial charge is 0.321 e. The number of anilines is 1. The van der Waals surface area contributed by atoms with Crippen molar-refractivity contribution >= 4 is 11.6 Å². The number of quaternary nitrogens is 1. The zero-order chi connectivity index (χ0) is 13.9. The molecular weight excluding hydrogens is 325 g/mol. The van der Waals surface area contributed by atoms with Crippen LogP contribution < -0.4 is 5.32 Å². The molecule has 1 heterocycles. The Labute approximate surface area is 147 Å². The van der Waals surface area contributed by atoms with E-state index >= 15 is 0 Å². The van der Waals surface area contributed by atoms with E-state index < -0.39 is 0 Å². The van der Waals surface area contributed by atoms with Crippen molar-refractivity contribution in [2.75, 3.05) is 31.5 Å². The number of para-hydroxylation sites is 1. The topological polar surface area (TPSA) is 29.1 Å². The molecule has 0 unspecified atom stereocenters. The third-order valence-corrected chi connectivity index (χ3v) is 4.41. The monoisotopic (exact) mass is 350 g/mol. The van der Waals surface area contributed by atoms with Crippen molar-refractivity contribution < 1.29 is 42.0 Å². The molecule has 1 aromatic carbocycles. The van der Waals surface area contributed by atoms with E-state index in [1.807, 2.05) is 32.0 Å². The number of nitrogens with zero attached hydrogens (tertiary/aromatic N) is 1. The summed E-state index contributed by atoms with van der Waals surface area (Å²) in [6.45, 7) is 10.3. The smallest absolute Gasteiger partial charge is 0.279 e. The van der Waals surface area contributed by atoms with Crippen LogP contribution in [0.1, 0.15) is 30.9 Å². The summed E-state index contributed by atoms with van der Waals surface area (Å²) in [5.74, 6) is 0.154. The summed E-state index contributed by atoms with van der Waals surface area (Å²) in [6, 6.07) is 6.12. The first-order chi connectivity index (χ1) is 9.06. The molecule has 1 amide bonds. The molecule has 0 aliphatic carbocycles. The summed E-state index contributed by atoms with van der Waals surface area (Å²) >= 11 is 0. The van der Waals surface area contributed by atoms with Crippen molar-refractivity contribution in [1.29, 1.82) is 0 Å². The number of carbonyl (C=O) groups excluding carboxylic acids is 1. The predicted molar refractivity (Wildman–Crippen MR) is 79.2 cm³/mol. The SMILES string of the molecule is CC[N+]1(CC(=O)Nc2c(C)cccc2C)CCCC1.[Y]. The van der Waals surface area contributed by atoms with Gasteiger partial charge in [-0.1, -0.05) is 18.2 Å². The van der Waals surface area contributed by atoms with Crippen LogP contribution in [0.2, 0.25) is 0 Å². The molecule has 107 valence electrons. The maximum Gasteiger partial charge on any atom is 0.279 e. The molecule has 1 saturated heterocycles. The molecule has 20 heavy (non-hydrogen) atoms. The summed E-state index contributed by atoms with van der Waals surface area (Å²) in [6.07, 6.45) is 2.51. The molecule has 4 heteroatoms. The van der Waals surface area contributed by atoms with E-state index in [-0.39, 0.29) is 38.6 Å². The quantitative estimate of drug-likeness (QED) is 0.832. The Kier molecular flexibility index (Phi) is 6.83. The van der Waals surface area contributed by atoms with E-state index in [2.05, 4.69) is 12.2 Å². The van der Waals surface area contributed by atoms with Gasteiger partial charge < -0.3 is 9.80 Å². The average molecular weight is 350 g/mol. The second-order valence-corrected chi connectivity index (χ2v) is 5.79. The summed E-state index contributed by atoms with van der Waals surface area (Å²) in [4.78, 5) is 12.3. The molecule has 1 aromatic rings. The van der Waals surface area contributed by atoms with Crippen LogP contribution in [0.15, 0.2) is 18.2 Å². The van der Waals surface area contributed by atoms with Crippen molar-refractivity contribution in [1.82, 2.24) is 0 Å². The first-order valence-electron chi connectivity index (χ1n) is 7.27. The molecule has 1 aliphatic rings. The molecule has 1 fully saturated rings. The maximum atomic E-state index is 12.3. The van der Waals surface area contributed by atoms with Crippen LogP contribution >= 0.6 is 0 Å². The van der Waals surface area contributed by atoms with Gasteiger partial charge in [-0.2, -0.15) is 0 Å². The van der Waals surface area contributed by atoms with E-state index in [1.165, 1.54) is 12.8 Å². The standard InChI is InChI=1S/C16H24N2O.Y/c1-4-18(10-5-6-11-18)12-15(19)17-16-13(2)8-7-9-14(16)3;/h7-9H,4-6,10-12H2,1-3H3;/p+1. The van der Waals surface area contributed by atoms with Gasteiger partial charge in [-0.05, 0) is 31.9 Å². The van der Waals surface area contributed by atoms with Crippen molar-refractivity contribution in [3.63, 3.8) is 0 Å². The third-order valence-electron chi connectivity index (χ3n) is 4.41. The molecule has 0 spiro atoms. The van der Waals surface area contributed by atoms with Gasteiger partial charge >= 0.3 is 0 Å². The van der Waals surface area contributed by atoms with Gasteiger partial charge in [0.2, 0.25) is 0 Å². The third kappa shape index (κ3) is 4.13. The van der Waals surface area contributed by atoms with Crippen LogP contribution in [0, 0.1) is 13.8 Å². The number of amides is 1. The molecule has 1 radical (unpaired) electrons. The predicted octanol–water partition coefficient (Wildman–Crippen LogP) is 2.87. The van der Waals surface area contributed by atoms with Gasteiger partial charge in [0.15, 0.2) is 6.54 Å². The van der Waals surface area contributed by atoms with E-state index in [1.54, 1.807) is 0 Å². The summed E-state index contributed by atoms with van der Waals surface area (Å²) in [5, 5.41) is 3.11. The summed E-state index contributed by atoms with van der Waals surface area (Å²) < 4.78 is 0.955. The van der Waals surface area contributed by atoms with E-state index in [0.29, 0.717) is 6.54 Å². The van der Waals surface area contributed by atoms with Crippen molar-refractivity contribution in [2.24, 2.45) is 0 Å². The van der Waals surface area contributed by atoms with Crippen LogP contribution in [-0.2, 0) is 37.5 Å². The molecule has 1 N–H and O–H groups in total. The molecule has 1 aliphatic heterocycles.